The molecular formula is C9H18N2OS. The molecule has 0 bridgehead atoms. The van der Waals surface area contributed by atoms with Crippen LogP contribution in [0.2, 0.25) is 0 Å². The fourth-order valence-corrected chi connectivity index (χ4v) is 2.63. The van der Waals surface area contributed by atoms with Crippen molar-refractivity contribution in [2.24, 2.45) is 0 Å². The van der Waals surface area contributed by atoms with Crippen molar-refractivity contribution in [3.8, 4) is 0 Å². The van der Waals surface area contributed by atoms with Gasteiger partial charge in [0.15, 0.2) is 0 Å². The van der Waals surface area contributed by atoms with Crippen LogP contribution in [0, 0.1) is 0 Å². The summed E-state index contributed by atoms with van der Waals surface area (Å²) in [6.45, 7) is 2.17. The third-order valence-electron chi connectivity index (χ3n) is 2.27. The highest BCUT2D eigenvalue weighted by molar-refractivity contribution is 8.00. The predicted molar refractivity (Wildman–Crippen MR) is 56.8 cm³/mol. The average molecular weight is 202 g/mol. The van der Waals surface area contributed by atoms with E-state index in [-0.39, 0.29) is 5.91 Å². The van der Waals surface area contributed by atoms with Gasteiger partial charge in [-0.2, -0.15) is 0 Å². The molecule has 0 saturated carbocycles. The number of thioether (sulfide) groups is 1. The molecule has 1 heterocycles. The van der Waals surface area contributed by atoms with E-state index in [1.54, 1.807) is 19.0 Å². The van der Waals surface area contributed by atoms with Gasteiger partial charge >= 0.3 is 0 Å². The summed E-state index contributed by atoms with van der Waals surface area (Å²) in [5.41, 5.74) is 0. The molecule has 0 aromatic carbocycles. The van der Waals surface area contributed by atoms with Crippen LogP contribution in [0.4, 0.5) is 0 Å². The van der Waals surface area contributed by atoms with E-state index >= 15 is 0 Å². The Kier molecular flexibility index (Phi) is 4.06. The first-order valence-electron chi connectivity index (χ1n) is 4.71. The lowest BCUT2D eigenvalue weighted by Gasteiger charge is -2.14. The maximum Gasteiger partial charge on any atom is 0.224 e. The van der Waals surface area contributed by atoms with Gasteiger partial charge in [0.05, 0.1) is 11.8 Å². The molecule has 13 heavy (non-hydrogen) atoms. The number of nitrogens with one attached hydrogen (secondary N) is 1. The standard InChI is InChI=1S/C9H18N2OS/c1-4-7-6-13-8(10-7)5-9(12)11(2)3/h7-8,10H,4-6H2,1-3H3. The van der Waals surface area contributed by atoms with E-state index in [1.165, 1.54) is 0 Å². The zero-order valence-corrected chi connectivity index (χ0v) is 9.36. The maximum absolute atomic E-state index is 11.4. The molecule has 1 saturated heterocycles. The third-order valence-corrected chi connectivity index (χ3v) is 3.57. The number of nitrogens with zero attached hydrogens (tertiary/aromatic N) is 1. The molecule has 76 valence electrons. The summed E-state index contributed by atoms with van der Waals surface area (Å²) in [6.07, 6.45) is 1.77. The lowest BCUT2D eigenvalue weighted by Crippen LogP contribution is -2.33. The molecule has 1 amide bonds. The van der Waals surface area contributed by atoms with Crippen molar-refractivity contribution in [2.45, 2.75) is 31.2 Å². The average Bonchev–Trinajstić information content (AvgIpc) is 2.52. The van der Waals surface area contributed by atoms with Crippen LogP contribution in [0.5, 0.6) is 0 Å². The molecule has 1 N–H and O–H groups in total. The Balaban J connectivity index is 2.28. The van der Waals surface area contributed by atoms with Crippen LogP contribution in [-0.2, 0) is 4.79 Å². The molecular weight excluding hydrogens is 184 g/mol. The molecule has 1 fully saturated rings. The summed E-state index contributed by atoms with van der Waals surface area (Å²) in [6, 6.07) is 0.602. The van der Waals surface area contributed by atoms with Crippen LogP contribution in [-0.4, -0.2) is 42.1 Å². The van der Waals surface area contributed by atoms with Gasteiger partial charge in [-0.3, -0.25) is 4.79 Å². The molecule has 0 spiro atoms. The van der Waals surface area contributed by atoms with Crippen molar-refractivity contribution < 1.29 is 4.79 Å². The Morgan fingerprint density at radius 2 is 2.31 bits per heavy atom. The number of carbonyl (C=O) groups excluding carboxylic acids is 1. The summed E-state index contributed by atoms with van der Waals surface area (Å²) < 4.78 is 0. The quantitative estimate of drug-likeness (QED) is 0.738. The Morgan fingerprint density at radius 1 is 1.62 bits per heavy atom. The molecule has 1 aliphatic heterocycles. The highest BCUT2D eigenvalue weighted by Gasteiger charge is 2.25. The van der Waals surface area contributed by atoms with Crippen molar-refractivity contribution >= 4 is 17.7 Å². The molecule has 1 aliphatic rings. The molecule has 1 rings (SSSR count). The second-order valence-electron chi connectivity index (χ2n) is 3.59. The summed E-state index contributed by atoms with van der Waals surface area (Å²) in [5, 5.41) is 3.78. The van der Waals surface area contributed by atoms with E-state index in [1.807, 2.05) is 11.8 Å². The first kappa shape index (κ1) is 10.9. The molecule has 3 nitrogen and oxygen atoms in total. The van der Waals surface area contributed by atoms with Crippen LogP contribution in [0.25, 0.3) is 0 Å². The summed E-state index contributed by atoms with van der Waals surface area (Å²) in [4.78, 5) is 13.0. The smallest absolute Gasteiger partial charge is 0.224 e. The van der Waals surface area contributed by atoms with Gasteiger partial charge in [-0.25, -0.2) is 0 Å². The molecule has 4 heteroatoms. The van der Waals surface area contributed by atoms with Crippen LogP contribution in [0.15, 0.2) is 0 Å². The van der Waals surface area contributed by atoms with Gasteiger partial charge in [-0.15, -0.1) is 11.8 Å². The Labute approximate surface area is 84.2 Å². The minimum atomic E-state index is 0.210. The van der Waals surface area contributed by atoms with Gasteiger partial charge in [0.25, 0.3) is 0 Å². The molecule has 2 unspecified atom stereocenters. The van der Waals surface area contributed by atoms with Crippen LogP contribution >= 0.6 is 11.8 Å². The Hall–Kier alpha value is -0.220. The summed E-state index contributed by atoms with van der Waals surface area (Å²) in [7, 11) is 3.61. The van der Waals surface area contributed by atoms with Gasteiger partial charge < -0.3 is 10.2 Å². The van der Waals surface area contributed by atoms with E-state index in [9.17, 15) is 4.79 Å². The molecule has 0 aliphatic carbocycles. The number of amides is 1. The Morgan fingerprint density at radius 3 is 2.77 bits per heavy atom. The van der Waals surface area contributed by atoms with Crippen LogP contribution in [0.1, 0.15) is 19.8 Å². The summed E-state index contributed by atoms with van der Waals surface area (Å²) in [5.74, 6) is 1.35. The normalized spacial score (nSPS) is 27.6. The van der Waals surface area contributed by atoms with E-state index in [0.29, 0.717) is 17.8 Å². The SMILES string of the molecule is CCC1CSC(CC(=O)N(C)C)N1. The van der Waals surface area contributed by atoms with Gasteiger partial charge in [0, 0.05) is 25.9 Å². The van der Waals surface area contributed by atoms with Crippen molar-refractivity contribution in [3.63, 3.8) is 0 Å². The first-order valence-corrected chi connectivity index (χ1v) is 5.76. The zero-order valence-electron chi connectivity index (χ0n) is 8.54. The lowest BCUT2D eigenvalue weighted by atomic mass is 10.2. The van der Waals surface area contributed by atoms with E-state index in [0.717, 1.165) is 12.2 Å². The number of hydrogen-bond donors (Lipinski definition) is 1. The van der Waals surface area contributed by atoms with E-state index in [4.69, 9.17) is 0 Å². The third kappa shape index (κ3) is 3.19. The zero-order chi connectivity index (χ0) is 9.84. The molecule has 0 aromatic rings. The predicted octanol–water partition coefficient (Wildman–Crippen LogP) is 0.906. The fraction of sp³-hybridized carbons (Fsp3) is 0.889. The highest BCUT2D eigenvalue weighted by atomic mass is 32.2. The van der Waals surface area contributed by atoms with Crippen molar-refractivity contribution in [3.05, 3.63) is 0 Å². The number of hydrogen-bond acceptors (Lipinski definition) is 3. The molecule has 0 radical (unpaired) electrons. The van der Waals surface area contributed by atoms with Crippen molar-refractivity contribution in [1.82, 2.24) is 10.2 Å². The monoisotopic (exact) mass is 202 g/mol. The van der Waals surface area contributed by atoms with Gasteiger partial charge in [0.1, 0.15) is 0 Å². The topological polar surface area (TPSA) is 32.3 Å². The van der Waals surface area contributed by atoms with Gasteiger partial charge in [-0.05, 0) is 6.42 Å². The fourth-order valence-electron chi connectivity index (χ4n) is 1.29. The van der Waals surface area contributed by atoms with E-state index < -0.39 is 0 Å². The number of carbonyl (C=O) groups is 1. The number of rotatable bonds is 3. The second kappa shape index (κ2) is 4.86. The summed E-state index contributed by atoms with van der Waals surface area (Å²) >= 11 is 1.86. The van der Waals surface area contributed by atoms with Crippen molar-refractivity contribution in [1.29, 1.82) is 0 Å². The van der Waals surface area contributed by atoms with Gasteiger partial charge in [-0.1, -0.05) is 6.92 Å². The second-order valence-corrected chi connectivity index (χ2v) is 4.82. The lowest BCUT2D eigenvalue weighted by molar-refractivity contribution is -0.128. The van der Waals surface area contributed by atoms with Gasteiger partial charge in [0.2, 0.25) is 5.91 Å². The minimum Gasteiger partial charge on any atom is -0.349 e. The maximum atomic E-state index is 11.4. The first-order chi connectivity index (χ1) is 6.13. The largest absolute Gasteiger partial charge is 0.349 e. The van der Waals surface area contributed by atoms with Crippen LogP contribution in [0.3, 0.4) is 0 Å². The highest BCUT2D eigenvalue weighted by Crippen LogP contribution is 2.22. The van der Waals surface area contributed by atoms with Crippen LogP contribution < -0.4 is 5.32 Å². The van der Waals surface area contributed by atoms with E-state index in [2.05, 4.69) is 12.2 Å². The Bertz CT molecular complexity index is 184. The molecule has 0 aromatic heterocycles. The minimum absolute atomic E-state index is 0.210. The molecule has 2 atom stereocenters. The van der Waals surface area contributed by atoms with Crippen molar-refractivity contribution in [2.75, 3.05) is 19.8 Å².